The highest BCUT2D eigenvalue weighted by molar-refractivity contribution is 5.54. The van der Waals surface area contributed by atoms with Crippen LogP contribution in [0, 0.1) is 11.6 Å². The molecule has 4 heteroatoms. The van der Waals surface area contributed by atoms with E-state index in [1.807, 2.05) is 21.0 Å². The van der Waals surface area contributed by atoms with Crippen molar-refractivity contribution < 1.29 is 8.78 Å². The van der Waals surface area contributed by atoms with Crippen molar-refractivity contribution in [2.75, 3.05) is 25.5 Å². The first-order valence-electron chi connectivity index (χ1n) is 5.33. The van der Waals surface area contributed by atoms with E-state index >= 15 is 0 Å². The Bertz CT molecular complexity index is 364. The van der Waals surface area contributed by atoms with Gasteiger partial charge in [-0.1, -0.05) is 6.92 Å². The van der Waals surface area contributed by atoms with Crippen LogP contribution in [0.3, 0.4) is 0 Å². The molecule has 1 rings (SSSR count). The van der Waals surface area contributed by atoms with Crippen LogP contribution in [0.25, 0.3) is 0 Å². The van der Waals surface area contributed by atoms with Gasteiger partial charge in [-0.05, 0) is 30.5 Å². The molecule has 0 aliphatic heterocycles. The van der Waals surface area contributed by atoms with Crippen molar-refractivity contribution in [3.8, 4) is 0 Å². The Morgan fingerprint density at radius 2 is 1.81 bits per heavy atom. The molecule has 1 aromatic rings. The zero-order chi connectivity index (χ0) is 12.3. The van der Waals surface area contributed by atoms with E-state index in [-0.39, 0.29) is 5.92 Å². The highest BCUT2D eigenvalue weighted by Gasteiger charge is 2.15. The minimum absolute atomic E-state index is 0.123. The van der Waals surface area contributed by atoms with E-state index in [4.69, 9.17) is 5.73 Å². The van der Waals surface area contributed by atoms with Gasteiger partial charge in [-0.2, -0.15) is 0 Å². The van der Waals surface area contributed by atoms with Crippen LogP contribution in [-0.2, 0) is 0 Å². The zero-order valence-electron chi connectivity index (χ0n) is 9.93. The van der Waals surface area contributed by atoms with Crippen LogP contribution < -0.4 is 10.6 Å². The first-order chi connectivity index (χ1) is 7.47. The Kier molecular flexibility index (Phi) is 4.24. The summed E-state index contributed by atoms with van der Waals surface area (Å²) in [4.78, 5) is 1.78. The molecule has 0 spiro atoms. The van der Waals surface area contributed by atoms with Crippen LogP contribution in [-0.4, -0.2) is 20.6 Å². The third-order valence-corrected chi connectivity index (χ3v) is 2.68. The van der Waals surface area contributed by atoms with Gasteiger partial charge in [0.1, 0.15) is 0 Å². The highest BCUT2D eigenvalue weighted by atomic mass is 19.2. The Labute approximate surface area is 95.1 Å². The molecule has 90 valence electrons. The molecule has 0 amide bonds. The summed E-state index contributed by atoms with van der Waals surface area (Å²) in [5.41, 5.74) is 6.99. The molecule has 16 heavy (non-hydrogen) atoms. The second-order valence-electron chi connectivity index (χ2n) is 4.20. The molecule has 0 heterocycles. The summed E-state index contributed by atoms with van der Waals surface area (Å²) >= 11 is 0. The molecule has 0 saturated carbocycles. The molecule has 0 bridgehead atoms. The van der Waals surface area contributed by atoms with Gasteiger partial charge in [-0.25, -0.2) is 8.78 Å². The predicted octanol–water partition coefficient (Wildman–Crippen LogP) is 2.48. The lowest BCUT2D eigenvalue weighted by Gasteiger charge is -2.21. The number of hydrogen-bond donors (Lipinski definition) is 1. The van der Waals surface area contributed by atoms with E-state index < -0.39 is 11.6 Å². The van der Waals surface area contributed by atoms with Crippen LogP contribution in [0.1, 0.15) is 24.8 Å². The van der Waals surface area contributed by atoms with E-state index in [0.29, 0.717) is 12.2 Å². The smallest absolute Gasteiger partial charge is 0.160 e. The van der Waals surface area contributed by atoms with Crippen molar-refractivity contribution in [1.29, 1.82) is 0 Å². The molecule has 0 aliphatic rings. The summed E-state index contributed by atoms with van der Waals surface area (Å²) in [6, 6.07) is 2.50. The standard InChI is InChI=1S/C12H18F2N2/c1-8(4-5-15)9-6-10(13)11(14)7-12(9)16(2)3/h6-8H,4-5,15H2,1-3H3. The van der Waals surface area contributed by atoms with Crippen molar-refractivity contribution in [3.05, 3.63) is 29.3 Å². The van der Waals surface area contributed by atoms with Crippen molar-refractivity contribution in [1.82, 2.24) is 0 Å². The summed E-state index contributed by atoms with van der Waals surface area (Å²) in [5.74, 6) is -1.49. The molecule has 1 atom stereocenters. The van der Waals surface area contributed by atoms with E-state index in [9.17, 15) is 8.78 Å². The molecule has 0 aliphatic carbocycles. The second kappa shape index (κ2) is 5.25. The maximum absolute atomic E-state index is 13.2. The lowest BCUT2D eigenvalue weighted by Crippen LogP contribution is -2.15. The highest BCUT2D eigenvalue weighted by Crippen LogP contribution is 2.30. The lowest BCUT2D eigenvalue weighted by molar-refractivity contribution is 0.505. The molecule has 0 radical (unpaired) electrons. The van der Waals surface area contributed by atoms with Gasteiger partial charge in [-0.15, -0.1) is 0 Å². The van der Waals surface area contributed by atoms with Crippen LogP contribution >= 0.6 is 0 Å². The fraction of sp³-hybridized carbons (Fsp3) is 0.500. The third kappa shape index (κ3) is 2.70. The zero-order valence-corrected chi connectivity index (χ0v) is 9.93. The number of halogens is 2. The predicted molar refractivity (Wildman–Crippen MR) is 62.8 cm³/mol. The molecule has 0 aromatic heterocycles. The van der Waals surface area contributed by atoms with E-state index in [2.05, 4.69) is 0 Å². The monoisotopic (exact) mass is 228 g/mol. The molecule has 1 aromatic carbocycles. The Balaban J connectivity index is 3.19. The van der Waals surface area contributed by atoms with Gasteiger partial charge >= 0.3 is 0 Å². The fourth-order valence-corrected chi connectivity index (χ4v) is 1.74. The average molecular weight is 228 g/mol. The molecule has 1 unspecified atom stereocenters. The molecule has 2 nitrogen and oxygen atoms in total. The number of hydrogen-bond acceptors (Lipinski definition) is 2. The summed E-state index contributed by atoms with van der Waals surface area (Å²) in [5, 5.41) is 0. The van der Waals surface area contributed by atoms with Gasteiger partial charge in [0, 0.05) is 25.8 Å². The maximum atomic E-state index is 13.2. The number of nitrogens with zero attached hydrogens (tertiary/aromatic N) is 1. The normalized spacial score (nSPS) is 12.6. The van der Waals surface area contributed by atoms with Crippen LogP contribution in [0.15, 0.2) is 12.1 Å². The molecular weight excluding hydrogens is 210 g/mol. The average Bonchev–Trinajstić information content (AvgIpc) is 2.21. The Hall–Kier alpha value is -1.16. The summed E-state index contributed by atoms with van der Waals surface area (Å²) in [6.07, 6.45) is 0.756. The number of anilines is 1. The minimum Gasteiger partial charge on any atom is -0.377 e. The summed E-state index contributed by atoms with van der Waals surface area (Å²) < 4.78 is 26.3. The van der Waals surface area contributed by atoms with Crippen molar-refractivity contribution in [2.45, 2.75) is 19.3 Å². The first kappa shape index (κ1) is 12.9. The summed E-state index contributed by atoms with van der Waals surface area (Å²) in [6.45, 7) is 2.50. The topological polar surface area (TPSA) is 29.3 Å². The van der Waals surface area contributed by atoms with Gasteiger partial charge in [0.2, 0.25) is 0 Å². The first-order valence-corrected chi connectivity index (χ1v) is 5.33. The molecule has 0 fully saturated rings. The summed E-state index contributed by atoms with van der Waals surface area (Å²) in [7, 11) is 3.62. The van der Waals surface area contributed by atoms with Gasteiger partial charge in [0.05, 0.1) is 0 Å². The van der Waals surface area contributed by atoms with Gasteiger partial charge < -0.3 is 10.6 Å². The minimum atomic E-state index is -0.813. The maximum Gasteiger partial charge on any atom is 0.160 e. The molecular formula is C12H18F2N2. The Morgan fingerprint density at radius 3 is 2.31 bits per heavy atom. The van der Waals surface area contributed by atoms with E-state index in [1.54, 1.807) is 4.90 Å². The number of benzene rings is 1. The van der Waals surface area contributed by atoms with Crippen molar-refractivity contribution >= 4 is 5.69 Å². The number of nitrogens with two attached hydrogens (primary N) is 1. The van der Waals surface area contributed by atoms with Gasteiger partial charge in [-0.3, -0.25) is 0 Å². The van der Waals surface area contributed by atoms with E-state index in [1.165, 1.54) is 12.1 Å². The number of rotatable bonds is 4. The molecule has 0 saturated heterocycles. The lowest BCUT2D eigenvalue weighted by atomic mass is 9.95. The van der Waals surface area contributed by atoms with Gasteiger partial charge in [0.15, 0.2) is 11.6 Å². The molecule has 2 N–H and O–H groups in total. The third-order valence-electron chi connectivity index (χ3n) is 2.68. The van der Waals surface area contributed by atoms with Gasteiger partial charge in [0.25, 0.3) is 0 Å². The van der Waals surface area contributed by atoms with Crippen LogP contribution in [0.4, 0.5) is 14.5 Å². The van der Waals surface area contributed by atoms with E-state index in [0.717, 1.165) is 12.0 Å². The van der Waals surface area contributed by atoms with Crippen LogP contribution in [0.2, 0.25) is 0 Å². The largest absolute Gasteiger partial charge is 0.377 e. The van der Waals surface area contributed by atoms with Crippen molar-refractivity contribution in [2.24, 2.45) is 5.73 Å². The SMILES string of the molecule is CC(CCN)c1cc(F)c(F)cc1N(C)C. The quantitative estimate of drug-likeness (QED) is 0.857. The Morgan fingerprint density at radius 1 is 1.25 bits per heavy atom. The van der Waals surface area contributed by atoms with Crippen molar-refractivity contribution in [3.63, 3.8) is 0 Å². The second-order valence-corrected chi connectivity index (χ2v) is 4.20. The fourth-order valence-electron chi connectivity index (χ4n) is 1.74. The van der Waals surface area contributed by atoms with Crippen LogP contribution in [0.5, 0.6) is 0 Å².